The van der Waals surface area contributed by atoms with E-state index in [2.05, 4.69) is 10.6 Å². The molecule has 2 heterocycles. The van der Waals surface area contributed by atoms with Gasteiger partial charge in [-0.1, -0.05) is 24.3 Å². The van der Waals surface area contributed by atoms with E-state index in [1.165, 1.54) is 0 Å². The molecule has 2 aromatic rings. The fourth-order valence-corrected chi connectivity index (χ4v) is 3.82. The van der Waals surface area contributed by atoms with Gasteiger partial charge in [-0.05, 0) is 48.2 Å². The molecule has 0 bridgehead atoms. The van der Waals surface area contributed by atoms with Gasteiger partial charge >= 0.3 is 0 Å². The van der Waals surface area contributed by atoms with Crippen LogP contribution in [0.3, 0.4) is 0 Å². The van der Waals surface area contributed by atoms with Crippen molar-refractivity contribution < 1.29 is 14.4 Å². The van der Waals surface area contributed by atoms with E-state index in [-0.39, 0.29) is 30.2 Å². The van der Waals surface area contributed by atoms with Gasteiger partial charge in [0.1, 0.15) is 6.04 Å². The monoisotopic (exact) mass is 392 g/mol. The summed E-state index contributed by atoms with van der Waals surface area (Å²) in [5, 5.41) is 5.68. The predicted molar refractivity (Wildman–Crippen MR) is 109 cm³/mol. The molecule has 2 aromatic carbocycles. The molecule has 0 radical (unpaired) electrons. The minimum Gasteiger partial charge on any atom is -0.381 e. The van der Waals surface area contributed by atoms with Crippen molar-refractivity contribution in [3.63, 3.8) is 0 Å². The summed E-state index contributed by atoms with van der Waals surface area (Å²) in [6.45, 7) is 2.92. The summed E-state index contributed by atoms with van der Waals surface area (Å²) in [6.07, 6.45) is 0.629. The summed E-state index contributed by atoms with van der Waals surface area (Å²) < 4.78 is 0. The van der Waals surface area contributed by atoms with Gasteiger partial charge in [0, 0.05) is 36.8 Å². The highest BCUT2D eigenvalue weighted by atomic mass is 16.2. The first kappa shape index (κ1) is 19.1. The lowest BCUT2D eigenvalue weighted by Crippen LogP contribution is -2.52. The first-order valence-electron chi connectivity index (χ1n) is 9.78. The molecule has 0 saturated carbocycles. The van der Waals surface area contributed by atoms with E-state index in [4.69, 9.17) is 5.73 Å². The number of amides is 3. The van der Waals surface area contributed by atoms with Crippen molar-refractivity contribution in [2.75, 3.05) is 5.32 Å². The molecule has 2 atom stereocenters. The van der Waals surface area contributed by atoms with Crippen LogP contribution >= 0.6 is 0 Å². The van der Waals surface area contributed by atoms with Crippen LogP contribution in [0.15, 0.2) is 42.5 Å². The molecule has 1 fully saturated rings. The van der Waals surface area contributed by atoms with Crippen LogP contribution in [0.5, 0.6) is 0 Å². The zero-order chi connectivity index (χ0) is 20.5. The largest absolute Gasteiger partial charge is 0.381 e. The second-order valence-electron chi connectivity index (χ2n) is 7.66. The molecule has 7 nitrogen and oxygen atoms in total. The molecular weight excluding hydrogens is 368 g/mol. The van der Waals surface area contributed by atoms with Crippen molar-refractivity contribution in [2.24, 2.45) is 5.73 Å². The number of rotatable bonds is 5. The van der Waals surface area contributed by atoms with Gasteiger partial charge in [0.25, 0.3) is 5.91 Å². The second-order valence-corrected chi connectivity index (χ2v) is 7.66. The predicted octanol–water partition coefficient (Wildman–Crippen LogP) is 2.08. The first-order valence-corrected chi connectivity index (χ1v) is 9.78. The van der Waals surface area contributed by atoms with E-state index in [1.807, 2.05) is 49.4 Å². The van der Waals surface area contributed by atoms with Crippen LogP contribution in [0.25, 0.3) is 0 Å². The minimum absolute atomic E-state index is 0.000847. The molecule has 150 valence electrons. The number of nitrogens with one attached hydrogen (secondary N) is 2. The molecule has 2 aliphatic rings. The van der Waals surface area contributed by atoms with Gasteiger partial charge in [-0.3, -0.25) is 19.7 Å². The van der Waals surface area contributed by atoms with Crippen LogP contribution in [0, 0.1) is 0 Å². The van der Waals surface area contributed by atoms with Crippen LogP contribution in [-0.4, -0.2) is 28.7 Å². The molecule has 7 heteroatoms. The van der Waals surface area contributed by atoms with E-state index in [1.54, 1.807) is 4.90 Å². The van der Waals surface area contributed by atoms with Crippen LogP contribution in [0.1, 0.15) is 52.9 Å². The fourth-order valence-electron chi connectivity index (χ4n) is 3.82. The van der Waals surface area contributed by atoms with Crippen molar-refractivity contribution in [3.05, 3.63) is 64.7 Å². The molecule has 4 N–H and O–H groups in total. The lowest BCUT2D eigenvalue weighted by atomic mass is 10.0. The first-order chi connectivity index (χ1) is 13.9. The number of hydrogen-bond acceptors (Lipinski definition) is 5. The minimum atomic E-state index is -0.586. The molecule has 1 saturated heterocycles. The highest BCUT2D eigenvalue weighted by Crippen LogP contribution is 2.28. The third-order valence-corrected chi connectivity index (χ3v) is 5.53. The molecular formula is C22H24N4O3. The maximum absolute atomic E-state index is 12.9. The highest BCUT2D eigenvalue weighted by molar-refractivity contribution is 6.05. The lowest BCUT2D eigenvalue weighted by molar-refractivity contribution is -0.136. The third kappa shape index (κ3) is 3.86. The van der Waals surface area contributed by atoms with Gasteiger partial charge < -0.3 is 16.0 Å². The Hall–Kier alpha value is -3.19. The summed E-state index contributed by atoms with van der Waals surface area (Å²) in [5.41, 5.74) is 10.4. The Morgan fingerprint density at radius 1 is 1.17 bits per heavy atom. The van der Waals surface area contributed by atoms with Crippen molar-refractivity contribution in [1.82, 2.24) is 10.2 Å². The van der Waals surface area contributed by atoms with Crippen molar-refractivity contribution >= 4 is 23.4 Å². The Balaban J connectivity index is 1.44. The summed E-state index contributed by atoms with van der Waals surface area (Å²) >= 11 is 0. The van der Waals surface area contributed by atoms with Gasteiger partial charge in [-0.25, -0.2) is 0 Å². The zero-order valence-electron chi connectivity index (χ0n) is 16.3. The number of hydrogen-bond donors (Lipinski definition) is 3. The zero-order valence-corrected chi connectivity index (χ0v) is 16.3. The molecule has 1 unspecified atom stereocenters. The van der Waals surface area contributed by atoms with Gasteiger partial charge in [-0.2, -0.15) is 0 Å². The van der Waals surface area contributed by atoms with Crippen LogP contribution in [0.4, 0.5) is 5.69 Å². The maximum atomic E-state index is 12.9. The van der Waals surface area contributed by atoms with Gasteiger partial charge in [0.15, 0.2) is 0 Å². The van der Waals surface area contributed by atoms with Crippen molar-refractivity contribution in [3.8, 4) is 0 Å². The summed E-state index contributed by atoms with van der Waals surface area (Å²) in [6, 6.07) is 13.2. The molecule has 4 rings (SSSR count). The summed E-state index contributed by atoms with van der Waals surface area (Å²) in [7, 11) is 0. The SMILES string of the molecule is C[C@H](N)c1ccc(NCc2ccc3c(c2)C(=O)N(C2CCC(=O)NC2=O)C3)cc1. The highest BCUT2D eigenvalue weighted by Gasteiger charge is 2.39. The van der Waals surface area contributed by atoms with E-state index in [0.717, 1.165) is 22.4 Å². The number of imide groups is 1. The maximum Gasteiger partial charge on any atom is 0.255 e. The topological polar surface area (TPSA) is 105 Å². The average molecular weight is 392 g/mol. The third-order valence-electron chi connectivity index (χ3n) is 5.53. The van der Waals surface area contributed by atoms with Gasteiger partial charge in [0.05, 0.1) is 0 Å². The normalized spacial score (nSPS) is 19.7. The quantitative estimate of drug-likeness (QED) is 0.676. The number of carbonyl (C=O) groups is 3. The van der Waals surface area contributed by atoms with Crippen LogP contribution in [-0.2, 0) is 22.7 Å². The molecule has 0 spiro atoms. The number of benzene rings is 2. The van der Waals surface area contributed by atoms with E-state index in [0.29, 0.717) is 25.1 Å². The average Bonchev–Trinajstić information content (AvgIpc) is 3.03. The molecule has 29 heavy (non-hydrogen) atoms. The van der Waals surface area contributed by atoms with Crippen LogP contribution < -0.4 is 16.4 Å². The van der Waals surface area contributed by atoms with Crippen LogP contribution in [0.2, 0.25) is 0 Å². The standard InChI is InChI=1S/C22H24N4O3/c1-13(23)15-4-6-17(7-5-15)24-11-14-2-3-16-12-26(22(29)18(16)10-14)19-8-9-20(27)25-21(19)28/h2-7,10,13,19,24H,8-9,11-12,23H2,1H3,(H,25,27,28)/t13-,19?/m0/s1. The Kier molecular flexibility index (Phi) is 5.07. The number of piperidine rings is 1. The Labute approximate surface area is 169 Å². The molecule has 0 aromatic heterocycles. The lowest BCUT2D eigenvalue weighted by Gasteiger charge is -2.29. The molecule has 3 amide bonds. The van der Waals surface area contributed by atoms with E-state index < -0.39 is 6.04 Å². The Morgan fingerprint density at radius 2 is 1.93 bits per heavy atom. The van der Waals surface area contributed by atoms with Gasteiger partial charge in [-0.15, -0.1) is 0 Å². The number of anilines is 1. The van der Waals surface area contributed by atoms with E-state index >= 15 is 0 Å². The fraction of sp³-hybridized carbons (Fsp3) is 0.318. The Morgan fingerprint density at radius 3 is 2.62 bits per heavy atom. The number of nitrogens with zero attached hydrogens (tertiary/aromatic N) is 1. The molecule has 2 aliphatic heterocycles. The number of nitrogens with two attached hydrogens (primary N) is 1. The smallest absolute Gasteiger partial charge is 0.255 e. The number of carbonyl (C=O) groups excluding carboxylic acids is 3. The van der Waals surface area contributed by atoms with E-state index in [9.17, 15) is 14.4 Å². The second kappa shape index (κ2) is 7.67. The van der Waals surface area contributed by atoms with Gasteiger partial charge in [0.2, 0.25) is 11.8 Å². The van der Waals surface area contributed by atoms with Crippen molar-refractivity contribution in [2.45, 2.75) is 44.9 Å². The van der Waals surface area contributed by atoms with Crippen molar-refractivity contribution in [1.29, 1.82) is 0 Å². The number of fused-ring (bicyclic) bond motifs is 1. The Bertz CT molecular complexity index is 969. The summed E-state index contributed by atoms with van der Waals surface area (Å²) in [5.74, 6) is -0.824. The summed E-state index contributed by atoms with van der Waals surface area (Å²) in [4.78, 5) is 38.0. The molecule has 0 aliphatic carbocycles.